The molecule has 0 spiro atoms. The van der Waals surface area contributed by atoms with Gasteiger partial charge in [0.1, 0.15) is 11.6 Å². The molecule has 0 radical (unpaired) electrons. The van der Waals surface area contributed by atoms with Crippen LogP contribution in [0.1, 0.15) is 62.4 Å². The number of anilines is 1. The minimum absolute atomic E-state index is 0.187. The molecule has 1 unspecified atom stereocenters. The third kappa shape index (κ3) is 9.95. The maximum absolute atomic E-state index is 13.7. The fourth-order valence-electron chi connectivity index (χ4n) is 5.79. The number of hydrogen-bond donors (Lipinski definition) is 5. The second-order valence-corrected chi connectivity index (χ2v) is 13.3. The molecule has 49 heavy (non-hydrogen) atoms. The molecule has 1 aromatic heterocycles. The molecule has 1 saturated carbocycles. The van der Waals surface area contributed by atoms with E-state index in [1.54, 1.807) is 36.4 Å². The lowest BCUT2D eigenvalue weighted by Crippen LogP contribution is -2.48. The number of amides is 3. The first-order chi connectivity index (χ1) is 23.4. The molecule has 3 aromatic carbocycles. The van der Waals surface area contributed by atoms with Crippen molar-refractivity contribution in [2.45, 2.75) is 64.5 Å². The number of carboxylic acids is 1. The molecule has 5 N–H and O–H groups in total. The van der Waals surface area contributed by atoms with E-state index >= 15 is 0 Å². The van der Waals surface area contributed by atoms with Crippen LogP contribution in [-0.2, 0) is 20.7 Å². The van der Waals surface area contributed by atoms with Gasteiger partial charge in [0, 0.05) is 30.1 Å². The lowest BCUT2D eigenvalue weighted by molar-refractivity contribution is -0.130. The Labute approximate surface area is 284 Å². The van der Waals surface area contributed by atoms with Crippen LogP contribution in [0.25, 0.3) is 22.5 Å². The molecule has 0 bridgehead atoms. The number of rotatable bonds is 11. The highest BCUT2D eigenvalue weighted by molar-refractivity contribution is 5.98. The largest absolute Gasteiger partial charge is 0.478 e. The number of carbonyl (C=O) groups excluding carboxylic acids is 3. The molecular formula is C36H41N7O6. The van der Waals surface area contributed by atoms with Gasteiger partial charge in [-0.3, -0.25) is 9.59 Å². The van der Waals surface area contributed by atoms with E-state index in [0.29, 0.717) is 30.9 Å². The summed E-state index contributed by atoms with van der Waals surface area (Å²) in [6, 6.07) is 20.3. The molecule has 5 rings (SSSR count). The monoisotopic (exact) mass is 667 g/mol. The summed E-state index contributed by atoms with van der Waals surface area (Å²) in [5.41, 5.74) is 3.30. The third-order valence-corrected chi connectivity index (χ3v) is 8.38. The van der Waals surface area contributed by atoms with Crippen molar-refractivity contribution in [1.82, 2.24) is 31.3 Å². The first-order valence-corrected chi connectivity index (χ1v) is 16.3. The summed E-state index contributed by atoms with van der Waals surface area (Å²) >= 11 is 0. The van der Waals surface area contributed by atoms with Crippen LogP contribution >= 0.6 is 0 Å². The Balaban J connectivity index is 1.24. The number of alkyl carbamates (subject to hydrolysis) is 1. The van der Waals surface area contributed by atoms with E-state index in [1.807, 2.05) is 51.1 Å². The topological polar surface area (TPSA) is 188 Å². The molecule has 4 aromatic rings. The fourth-order valence-corrected chi connectivity index (χ4v) is 5.79. The Morgan fingerprint density at radius 3 is 2.24 bits per heavy atom. The molecule has 13 heteroatoms. The summed E-state index contributed by atoms with van der Waals surface area (Å²) < 4.78 is 5.33. The zero-order valence-corrected chi connectivity index (χ0v) is 27.7. The quantitative estimate of drug-likeness (QED) is 0.143. The summed E-state index contributed by atoms with van der Waals surface area (Å²) in [6.45, 7) is 5.93. The van der Waals surface area contributed by atoms with Gasteiger partial charge in [-0.2, -0.15) is 5.21 Å². The highest BCUT2D eigenvalue weighted by Crippen LogP contribution is 2.29. The average molecular weight is 668 g/mol. The van der Waals surface area contributed by atoms with Crippen molar-refractivity contribution in [3.05, 3.63) is 83.9 Å². The Bertz CT molecular complexity index is 1740. The number of benzene rings is 3. The van der Waals surface area contributed by atoms with Gasteiger partial charge in [-0.25, -0.2) is 9.59 Å². The summed E-state index contributed by atoms with van der Waals surface area (Å²) in [6.07, 6.45) is 2.60. The highest BCUT2D eigenvalue weighted by atomic mass is 16.6. The third-order valence-electron chi connectivity index (χ3n) is 8.38. The highest BCUT2D eigenvalue weighted by Gasteiger charge is 2.30. The zero-order valence-electron chi connectivity index (χ0n) is 27.7. The van der Waals surface area contributed by atoms with Crippen molar-refractivity contribution < 1.29 is 29.0 Å². The van der Waals surface area contributed by atoms with Crippen LogP contribution in [0.5, 0.6) is 0 Å². The number of ether oxygens (including phenoxy) is 1. The van der Waals surface area contributed by atoms with Gasteiger partial charge in [0.15, 0.2) is 0 Å². The predicted octanol–water partition coefficient (Wildman–Crippen LogP) is 5.23. The Kier molecular flexibility index (Phi) is 11.0. The standard InChI is InChI=1S/C36H41N7O6/c1-36(2,3)49-35(48)37-21-23-9-13-26(14-10-23)32(44)39-30(33(45)38-29-17-15-25(16-18-29)31-40-42-43-41-31)19-22-7-11-24(12-8-22)27-5-4-6-28(20-27)34(46)47/h4-8,11-12,15-18,20,23,26,30H,9-10,13-14,19,21H2,1-3H3,(H,37,48)(H,38,45)(H,39,44)(H,46,47)(H,40,41,42,43). The van der Waals surface area contributed by atoms with Crippen molar-refractivity contribution in [2.24, 2.45) is 11.8 Å². The second-order valence-electron chi connectivity index (χ2n) is 13.3. The van der Waals surface area contributed by atoms with E-state index in [2.05, 4.69) is 36.6 Å². The lowest BCUT2D eigenvalue weighted by Gasteiger charge is -2.29. The number of tetrazole rings is 1. The molecular weight excluding hydrogens is 626 g/mol. The van der Waals surface area contributed by atoms with E-state index in [4.69, 9.17) is 4.74 Å². The smallest absolute Gasteiger partial charge is 0.407 e. The van der Waals surface area contributed by atoms with Crippen molar-refractivity contribution >= 4 is 29.6 Å². The van der Waals surface area contributed by atoms with Crippen molar-refractivity contribution in [1.29, 1.82) is 0 Å². The fraction of sp³-hybridized carbons (Fsp3) is 0.361. The van der Waals surface area contributed by atoms with Crippen LogP contribution < -0.4 is 16.0 Å². The van der Waals surface area contributed by atoms with Crippen LogP contribution in [-0.4, -0.2) is 67.8 Å². The summed E-state index contributed by atoms with van der Waals surface area (Å²) in [5.74, 6) is -1.15. The number of H-pyrrole nitrogens is 1. The van der Waals surface area contributed by atoms with E-state index < -0.39 is 23.7 Å². The van der Waals surface area contributed by atoms with E-state index in [-0.39, 0.29) is 35.6 Å². The molecule has 1 aliphatic rings. The van der Waals surface area contributed by atoms with Crippen LogP contribution in [0.3, 0.4) is 0 Å². The molecule has 1 fully saturated rings. The van der Waals surface area contributed by atoms with Gasteiger partial charge in [0.05, 0.1) is 5.56 Å². The van der Waals surface area contributed by atoms with E-state index in [1.165, 1.54) is 6.07 Å². The Morgan fingerprint density at radius 2 is 1.61 bits per heavy atom. The Hall–Kier alpha value is -5.59. The number of nitrogens with zero attached hydrogens (tertiary/aromatic N) is 3. The minimum atomic E-state index is -1.00. The molecule has 1 aliphatic carbocycles. The SMILES string of the molecule is CC(C)(C)OC(=O)NCC1CCC(C(=O)NC(Cc2ccc(-c3cccc(C(=O)O)c3)cc2)C(=O)Nc2ccc(-c3nn[nH]n3)cc2)CC1. The van der Waals surface area contributed by atoms with Crippen molar-refractivity contribution in [2.75, 3.05) is 11.9 Å². The van der Waals surface area contributed by atoms with Crippen LogP contribution in [0.2, 0.25) is 0 Å². The molecule has 3 amide bonds. The first kappa shape index (κ1) is 34.7. The predicted molar refractivity (Wildman–Crippen MR) is 182 cm³/mol. The normalized spacial score (nSPS) is 16.6. The second kappa shape index (κ2) is 15.5. The molecule has 1 atom stereocenters. The van der Waals surface area contributed by atoms with Gasteiger partial charge >= 0.3 is 12.1 Å². The summed E-state index contributed by atoms with van der Waals surface area (Å²) in [4.78, 5) is 50.7. The number of carbonyl (C=O) groups is 4. The van der Waals surface area contributed by atoms with Crippen LogP contribution in [0.15, 0.2) is 72.8 Å². The zero-order chi connectivity index (χ0) is 35.0. The molecule has 0 aliphatic heterocycles. The summed E-state index contributed by atoms with van der Waals surface area (Å²) in [5, 5.41) is 32.1. The molecule has 256 valence electrons. The minimum Gasteiger partial charge on any atom is -0.478 e. The van der Waals surface area contributed by atoms with Gasteiger partial charge in [0.2, 0.25) is 17.6 Å². The summed E-state index contributed by atoms with van der Waals surface area (Å²) in [7, 11) is 0. The number of aromatic carboxylic acids is 1. The van der Waals surface area contributed by atoms with Gasteiger partial charge in [-0.1, -0.05) is 36.4 Å². The average Bonchev–Trinajstić information content (AvgIpc) is 3.62. The van der Waals surface area contributed by atoms with E-state index in [9.17, 15) is 24.3 Å². The van der Waals surface area contributed by atoms with Gasteiger partial charge in [0.25, 0.3) is 0 Å². The van der Waals surface area contributed by atoms with Gasteiger partial charge in [-0.05, 0) is 111 Å². The van der Waals surface area contributed by atoms with Crippen LogP contribution in [0.4, 0.5) is 10.5 Å². The molecule has 1 heterocycles. The van der Waals surface area contributed by atoms with Gasteiger partial charge < -0.3 is 25.8 Å². The maximum Gasteiger partial charge on any atom is 0.407 e. The van der Waals surface area contributed by atoms with Crippen molar-refractivity contribution in [3.8, 4) is 22.5 Å². The number of aromatic nitrogens is 4. The number of hydrogen-bond acceptors (Lipinski definition) is 8. The number of nitrogens with one attached hydrogen (secondary N) is 4. The Morgan fingerprint density at radius 1 is 0.918 bits per heavy atom. The molecule has 13 nitrogen and oxygen atoms in total. The number of carboxylic acid groups (broad SMARTS) is 1. The lowest BCUT2D eigenvalue weighted by atomic mass is 9.81. The van der Waals surface area contributed by atoms with Gasteiger partial charge in [-0.15, -0.1) is 10.2 Å². The van der Waals surface area contributed by atoms with Crippen molar-refractivity contribution in [3.63, 3.8) is 0 Å². The van der Waals surface area contributed by atoms with Crippen LogP contribution in [0, 0.1) is 11.8 Å². The first-order valence-electron chi connectivity index (χ1n) is 16.3. The number of aromatic amines is 1. The van der Waals surface area contributed by atoms with E-state index in [0.717, 1.165) is 35.1 Å². The maximum atomic E-state index is 13.7. The molecule has 0 saturated heterocycles.